The summed E-state index contributed by atoms with van der Waals surface area (Å²) in [6, 6.07) is 4.46. The van der Waals surface area contributed by atoms with Gasteiger partial charge in [-0.05, 0) is 36.6 Å². The maximum atomic E-state index is 12.5. The number of benzene rings is 1. The molecule has 2 fully saturated rings. The van der Waals surface area contributed by atoms with Crippen molar-refractivity contribution in [1.82, 2.24) is 10.2 Å². The number of hydrogen-bond acceptors (Lipinski definition) is 4. The fourth-order valence-electron chi connectivity index (χ4n) is 3.18. The minimum absolute atomic E-state index is 0.00794. The van der Waals surface area contributed by atoms with Crippen LogP contribution in [0.25, 0.3) is 6.08 Å². The van der Waals surface area contributed by atoms with Crippen molar-refractivity contribution in [2.45, 2.75) is 38.1 Å². The van der Waals surface area contributed by atoms with Gasteiger partial charge in [0.25, 0.3) is 5.91 Å². The molecule has 3 amide bonds. The third-order valence-corrected chi connectivity index (χ3v) is 4.36. The van der Waals surface area contributed by atoms with Crippen LogP contribution in [0.15, 0.2) is 23.9 Å². The lowest BCUT2D eigenvalue weighted by Gasteiger charge is -2.28. The summed E-state index contributed by atoms with van der Waals surface area (Å²) in [6.45, 7) is 0. The van der Waals surface area contributed by atoms with Gasteiger partial charge in [-0.15, -0.1) is 0 Å². The number of urea groups is 1. The Morgan fingerprint density at radius 2 is 2.00 bits per heavy atom. The number of imide groups is 1. The molecule has 1 saturated carbocycles. The number of amides is 3. The van der Waals surface area contributed by atoms with Crippen molar-refractivity contribution >= 4 is 18.0 Å². The molecule has 1 aliphatic heterocycles. The number of methoxy groups -OCH3 is 1. The third kappa shape index (κ3) is 3.02. The van der Waals surface area contributed by atoms with E-state index in [-0.39, 0.29) is 29.4 Å². The second kappa shape index (κ2) is 6.32. The monoisotopic (exact) mass is 316 g/mol. The van der Waals surface area contributed by atoms with Crippen molar-refractivity contribution < 1.29 is 19.4 Å². The number of carbonyl (C=O) groups is 2. The molecule has 0 bridgehead atoms. The van der Waals surface area contributed by atoms with E-state index in [0.717, 1.165) is 32.1 Å². The molecule has 0 unspecified atom stereocenters. The van der Waals surface area contributed by atoms with Crippen molar-refractivity contribution in [2.75, 3.05) is 7.11 Å². The van der Waals surface area contributed by atoms with Crippen LogP contribution in [0, 0.1) is 0 Å². The highest BCUT2D eigenvalue weighted by atomic mass is 16.5. The zero-order valence-electron chi connectivity index (χ0n) is 13.0. The summed E-state index contributed by atoms with van der Waals surface area (Å²) >= 11 is 0. The highest BCUT2D eigenvalue weighted by Gasteiger charge is 2.38. The van der Waals surface area contributed by atoms with Crippen molar-refractivity contribution in [1.29, 1.82) is 0 Å². The largest absolute Gasteiger partial charge is 0.504 e. The van der Waals surface area contributed by atoms with Gasteiger partial charge in [0.2, 0.25) is 0 Å². The van der Waals surface area contributed by atoms with Crippen molar-refractivity contribution in [3.05, 3.63) is 29.5 Å². The van der Waals surface area contributed by atoms with Crippen LogP contribution >= 0.6 is 0 Å². The maximum Gasteiger partial charge on any atom is 0.329 e. The van der Waals surface area contributed by atoms with Crippen LogP contribution in [0.1, 0.15) is 37.7 Å². The van der Waals surface area contributed by atoms with Gasteiger partial charge in [0.1, 0.15) is 5.70 Å². The third-order valence-electron chi connectivity index (χ3n) is 4.36. The van der Waals surface area contributed by atoms with Crippen molar-refractivity contribution in [3.63, 3.8) is 0 Å². The van der Waals surface area contributed by atoms with Crippen LogP contribution in [0.5, 0.6) is 11.5 Å². The van der Waals surface area contributed by atoms with Crippen LogP contribution < -0.4 is 10.1 Å². The fraction of sp³-hybridized carbons (Fsp3) is 0.412. The molecule has 6 heteroatoms. The molecule has 23 heavy (non-hydrogen) atoms. The molecule has 1 saturated heterocycles. The van der Waals surface area contributed by atoms with Crippen LogP contribution in [-0.2, 0) is 4.79 Å². The summed E-state index contributed by atoms with van der Waals surface area (Å²) in [4.78, 5) is 26.0. The van der Waals surface area contributed by atoms with Crippen LogP contribution in [0.3, 0.4) is 0 Å². The van der Waals surface area contributed by atoms with E-state index in [0.29, 0.717) is 11.3 Å². The summed E-state index contributed by atoms with van der Waals surface area (Å²) < 4.78 is 4.99. The Labute approximate surface area is 134 Å². The molecule has 1 aromatic rings. The molecule has 0 aromatic heterocycles. The van der Waals surface area contributed by atoms with Crippen molar-refractivity contribution in [3.8, 4) is 11.5 Å². The van der Waals surface area contributed by atoms with Gasteiger partial charge < -0.3 is 15.2 Å². The van der Waals surface area contributed by atoms with E-state index in [1.54, 1.807) is 18.2 Å². The van der Waals surface area contributed by atoms with Gasteiger partial charge in [-0.1, -0.05) is 25.3 Å². The highest BCUT2D eigenvalue weighted by Crippen LogP contribution is 2.29. The predicted molar refractivity (Wildman–Crippen MR) is 84.9 cm³/mol. The lowest BCUT2D eigenvalue weighted by Crippen LogP contribution is -2.41. The summed E-state index contributed by atoms with van der Waals surface area (Å²) in [5, 5.41) is 12.4. The zero-order valence-corrected chi connectivity index (χ0v) is 13.0. The molecule has 0 atom stereocenters. The Morgan fingerprint density at radius 3 is 2.65 bits per heavy atom. The van der Waals surface area contributed by atoms with E-state index >= 15 is 0 Å². The van der Waals surface area contributed by atoms with Crippen LogP contribution in [-0.4, -0.2) is 35.1 Å². The molecule has 1 heterocycles. The minimum atomic E-state index is -0.356. The molecule has 1 aromatic carbocycles. The predicted octanol–water partition coefficient (Wildman–Crippen LogP) is 2.63. The first-order valence-electron chi connectivity index (χ1n) is 7.83. The van der Waals surface area contributed by atoms with Gasteiger partial charge in [-0.2, -0.15) is 0 Å². The van der Waals surface area contributed by atoms with Gasteiger partial charge in [-0.3, -0.25) is 9.69 Å². The summed E-state index contributed by atoms with van der Waals surface area (Å²) in [7, 11) is 1.47. The van der Waals surface area contributed by atoms with Gasteiger partial charge >= 0.3 is 6.03 Å². The topological polar surface area (TPSA) is 78.9 Å². The van der Waals surface area contributed by atoms with E-state index in [1.807, 2.05) is 0 Å². The number of hydrogen-bond donors (Lipinski definition) is 2. The molecule has 2 aliphatic rings. The summed E-state index contributed by atoms with van der Waals surface area (Å²) in [5.41, 5.74) is 0.864. The molecule has 122 valence electrons. The molecule has 0 spiro atoms. The number of carbonyl (C=O) groups excluding carboxylic acids is 2. The Kier molecular flexibility index (Phi) is 4.23. The first-order valence-corrected chi connectivity index (χ1v) is 7.83. The second-order valence-corrected chi connectivity index (χ2v) is 5.89. The number of phenolic OH excluding ortho intramolecular Hbond substituents is 1. The SMILES string of the molecule is COc1ccc(/C=C2\NC(=O)N(C3CCCCC3)C2=O)cc1O. The first-order chi connectivity index (χ1) is 11.1. The minimum Gasteiger partial charge on any atom is -0.504 e. The Bertz CT molecular complexity index is 663. The maximum absolute atomic E-state index is 12.5. The standard InChI is InChI=1S/C17H20N2O4/c1-23-15-8-7-11(10-14(15)20)9-13-16(21)19(17(22)18-13)12-5-3-2-4-6-12/h7-10,12,20H,2-6H2,1H3,(H,18,22)/b13-9-. The van der Waals surface area contributed by atoms with Gasteiger partial charge in [-0.25, -0.2) is 4.79 Å². The molecule has 6 nitrogen and oxygen atoms in total. The van der Waals surface area contributed by atoms with Gasteiger partial charge in [0, 0.05) is 6.04 Å². The normalized spacial score (nSPS) is 20.9. The molecule has 1 aliphatic carbocycles. The van der Waals surface area contributed by atoms with Gasteiger partial charge in [0.05, 0.1) is 7.11 Å². The number of ether oxygens (including phenoxy) is 1. The molecular formula is C17H20N2O4. The Morgan fingerprint density at radius 1 is 1.26 bits per heavy atom. The van der Waals surface area contributed by atoms with Crippen molar-refractivity contribution in [2.24, 2.45) is 0 Å². The number of aromatic hydroxyl groups is 1. The summed E-state index contributed by atoms with van der Waals surface area (Å²) in [5.74, 6) is 0.0535. The van der Waals surface area contributed by atoms with E-state index in [1.165, 1.54) is 18.1 Å². The van der Waals surface area contributed by atoms with E-state index in [4.69, 9.17) is 4.74 Å². The lowest BCUT2D eigenvalue weighted by atomic mass is 9.94. The van der Waals surface area contributed by atoms with E-state index in [9.17, 15) is 14.7 Å². The molecule has 0 radical (unpaired) electrons. The quantitative estimate of drug-likeness (QED) is 0.664. The average molecular weight is 316 g/mol. The van der Waals surface area contributed by atoms with Crippen LogP contribution in [0.2, 0.25) is 0 Å². The number of nitrogens with zero attached hydrogens (tertiary/aromatic N) is 1. The molecule has 2 N–H and O–H groups in total. The lowest BCUT2D eigenvalue weighted by molar-refractivity contribution is -0.124. The number of phenols is 1. The van der Waals surface area contributed by atoms with E-state index < -0.39 is 0 Å². The summed E-state index contributed by atoms with van der Waals surface area (Å²) in [6.07, 6.45) is 6.57. The van der Waals surface area contributed by atoms with Crippen LogP contribution in [0.4, 0.5) is 4.79 Å². The Hall–Kier alpha value is -2.50. The highest BCUT2D eigenvalue weighted by molar-refractivity contribution is 6.14. The Balaban J connectivity index is 1.82. The average Bonchev–Trinajstić information content (AvgIpc) is 2.82. The van der Waals surface area contributed by atoms with Gasteiger partial charge in [0.15, 0.2) is 11.5 Å². The molecular weight excluding hydrogens is 296 g/mol. The first kappa shape index (κ1) is 15.4. The number of rotatable bonds is 3. The number of nitrogens with one attached hydrogen (secondary N) is 1. The second-order valence-electron chi connectivity index (χ2n) is 5.89. The smallest absolute Gasteiger partial charge is 0.329 e. The molecule has 3 rings (SSSR count). The fourth-order valence-corrected chi connectivity index (χ4v) is 3.18. The zero-order chi connectivity index (χ0) is 16.4. The van der Waals surface area contributed by atoms with E-state index in [2.05, 4.69) is 5.32 Å².